The molecule has 0 spiro atoms. The molecule has 20 heavy (non-hydrogen) atoms. The topological polar surface area (TPSA) is 75.3 Å². The average molecular weight is 296 g/mol. The molecule has 0 unspecified atom stereocenters. The van der Waals surface area contributed by atoms with E-state index in [1.807, 2.05) is 0 Å². The first kappa shape index (κ1) is 15.0. The van der Waals surface area contributed by atoms with E-state index in [0.717, 1.165) is 25.7 Å². The average Bonchev–Trinajstić information content (AvgIpc) is 2.48. The second-order valence-electron chi connectivity index (χ2n) is 5.04. The van der Waals surface area contributed by atoms with Crippen LogP contribution in [0.3, 0.4) is 0 Å². The maximum absolute atomic E-state index is 12.1. The fraction of sp³-hybridized carbons (Fsp3) is 0.500. The van der Waals surface area contributed by atoms with Crippen molar-refractivity contribution >= 4 is 15.9 Å². The van der Waals surface area contributed by atoms with E-state index in [2.05, 4.69) is 10.0 Å². The molecule has 0 aromatic heterocycles. The monoisotopic (exact) mass is 296 g/mol. The predicted molar refractivity (Wildman–Crippen MR) is 77.0 cm³/mol. The molecule has 2 rings (SSSR count). The zero-order valence-electron chi connectivity index (χ0n) is 11.6. The molecule has 0 atom stereocenters. The van der Waals surface area contributed by atoms with Gasteiger partial charge in [-0.15, -0.1) is 0 Å². The van der Waals surface area contributed by atoms with Gasteiger partial charge in [0.15, 0.2) is 0 Å². The maximum Gasteiger partial charge on any atom is 0.251 e. The number of benzene rings is 1. The van der Waals surface area contributed by atoms with Crippen molar-refractivity contribution in [3.8, 4) is 0 Å². The van der Waals surface area contributed by atoms with Crippen LogP contribution in [0.25, 0.3) is 0 Å². The van der Waals surface area contributed by atoms with Gasteiger partial charge in [-0.25, -0.2) is 13.1 Å². The predicted octanol–water partition coefficient (Wildman–Crippen LogP) is 1.66. The molecule has 1 aliphatic carbocycles. The summed E-state index contributed by atoms with van der Waals surface area (Å²) >= 11 is 0. The molecule has 0 aliphatic heterocycles. The Morgan fingerprint density at radius 3 is 2.25 bits per heavy atom. The third kappa shape index (κ3) is 3.58. The molecule has 1 aromatic carbocycles. The van der Waals surface area contributed by atoms with Crippen molar-refractivity contribution in [1.82, 2.24) is 10.0 Å². The molecule has 1 aliphatic rings. The fourth-order valence-corrected chi connectivity index (χ4v) is 3.15. The minimum absolute atomic E-state index is 0.134. The molecule has 0 bridgehead atoms. The molecule has 1 amide bonds. The summed E-state index contributed by atoms with van der Waals surface area (Å²) in [6.07, 6.45) is 5.60. The van der Waals surface area contributed by atoms with Crippen molar-refractivity contribution in [3.05, 3.63) is 29.8 Å². The maximum atomic E-state index is 12.1. The van der Waals surface area contributed by atoms with Gasteiger partial charge in [0.25, 0.3) is 5.91 Å². The second-order valence-corrected chi connectivity index (χ2v) is 6.93. The number of rotatable bonds is 4. The molecule has 110 valence electrons. The van der Waals surface area contributed by atoms with Crippen LogP contribution in [0.2, 0.25) is 0 Å². The molecular formula is C14H20N2O3S. The lowest BCUT2D eigenvalue weighted by Gasteiger charge is -2.22. The van der Waals surface area contributed by atoms with Crippen molar-refractivity contribution in [2.45, 2.75) is 43.0 Å². The van der Waals surface area contributed by atoms with Crippen LogP contribution in [0.5, 0.6) is 0 Å². The highest BCUT2D eigenvalue weighted by molar-refractivity contribution is 7.89. The minimum Gasteiger partial charge on any atom is -0.349 e. The van der Waals surface area contributed by atoms with Gasteiger partial charge in [-0.3, -0.25) is 4.79 Å². The van der Waals surface area contributed by atoms with Crippen molar-refractivity contribution in [2.24, 2.45) is 0 Å². The standard InChI is InChI=1S/C14H20N2O3S/c1-15-20(18,19)13-9-7-11(8-10-13)14(17)16-12-5-3-2-4-6-12/h7-10,12,15H,2-6H2,1H3,(H,16,17). The van der Waals surface area contributed by atoms with Gasteiger partial charge in [-0.2, -0.15) is 0 Å². The summed E-state index contributed by atoms with van der Waals surface area (Å²) in [7, 11) is -2.09. The zero-order valence-corrected chi connectivity index (χ0v) is 12.4. The third-order valence-electron chi connectivity index (χ3n) is 3.64. The molecule has 0 radical (unpaired) electrons. The normalized spacial score (nSPS) is 16.9. The van der Waals surface area contributed by atoms with E-state index >= 15 is 0 Å². The van der Waals surface area contributed by atoms with Crippen LogP contribution in [0, 0.1) is 0 Å². The summed E-state index contributed by atoms with van der Waals surface area (Å²) in [5.41, 5.74) is 0.491. The molecule has 1 aromatic rings. The number of sulfonamides is 1. The Kier molecular flexibility index (Phi) is 4.77. The van der Waals surface area contributed by atoms with Crippen LogP contribution < -0.4 is 10.0 Å². The molecule has 0 saturated heterocycles. The van der Waals surface area contributed by atoms with Crippen molar-refractivity contribution < 1.29 is 13.2 Å². The van der Waals surface area contributed by atoms with Crippen LogP contribution in [0.1, 0.15) is 42.5 Å². The molecule has 5 nitrogen and oxygen atoms in total. The second kappa shape index (κ2) is 6.37. The molecule has 2 N–H and O–H groups in total. The zero-order chi connectivity index (χ0) is 14.6. The van der Waals surface area contributed by atoms with Gasteiger partial charge in [0.1, 0.15) is 0 Å². The van der Waals surface area contributed by atoms with Crippen LogP contribution >= 0.6 is 0 Å². The third-order valence-corrected chi connectivity index (χ3v) is 5.07. The van der Waals surface area contributed by atoms with Crippen molar-refractivity contribution in [3.63, 3.8) is 0 Å². The van der Waals surface area contributed by atoms with Gasteiger partial charge < -0.3 is 5.32 Å². The van der Waals surface area contributed by atoms with E-state index in [9.17, 15) is 13.2 Å². The highest BCUT2D eigenvalue weighted by Crippen LogP contribution is 2.18. The summed E-state index contributed by atoms with van der Waals surface area (Å²) in [6.45, 7) is 0. The quantitative estimate of drug-likeness (QED) is 0.887. The molecule has 1 saturated carbocycles. The Labute approximate surface area is 119 Å². The van der Waals surface area contributed by atoms with Crippen molar-refractivity contribution in [2.75, 3.05) is 7.05 Å². The number of carbonyl (C=O) groups is 1. The van der Waals surface area contributed by atoms with Gasteiger partial charge in [-0.05, 0) is 44.2 Å². The van der Waals surface area contributed by atoms with Gasteiger partial charge in [0, 0.05) is 11.6 Å². The van der Waals surface area contributed by atoms with Crippen LogP contribution in [-0.2, 0) is 10.0 Å². The van der Waals surface area contributed by atoms with Crippen LogP contribution in [0.15, 0.2) is 29.2 Å². The van der Waals surface area contributed by atoms with Crippen molar-refractivity contribution in [1.29, 1.82) is 0 Å². The van der Waals surface area contributed by atoms with Gasteiger partial charge in [0.05, 0.1) is 4.90 Å². The lowest BCUT2D eigenvalue weighted by atomic mass is 9.95. The number of nitrogens with one attached hydrogen (secondary N) is 2. The summed E-state index contributed by atoms with van der Waals surface area (Å²) in [5, 5.41) is 3.00. The Morgan fingerprint density at radius 1 is 1.10 bits per heavy atom. The summed E-state index contributed by atoms with van der Waals surface area (Å²) in [4.78, 5) is 12.2. The molecule has 6 heteroatoms. The highest BCUT2D eigenvalue weighted by Gasteiger charge is 2.17. The SMILES string of the molecule is CNS(=O)(=O)c1ccc(C(=O)NC2CCCCC2)cc1. The lowest BCUT2D eigenvalue weighted by molar-refractivity contribution is 0.0927. The van der Waals surface area contributed by atoms with Gasteiger partial charge in [-0.1, -0.05) is 19.3 Å². The highest BCUT2D eigenvalue weighted by atomic mass is 32.2. The fourth-order valence-electron chi connectivity index (χ4n) is 2.42. The molecule has 0 heterocycles. The van der Waals surface area contributed by atoms with Gasteiger partial charge >= 0.3 is 0 Å². The minimum atomic E-state index is -3.45. The number of carbonyl (C=O) groups excluding carboxylic acids is 1. The Morgan fingerprint density at radius 2 is 1.70 bits per heavy atom. The number of amides is 1. The molecule has 1 fully saturated rings. The lowest BCUT2D eigenvalue weighted by Crippen LogP contribution is -2.36. The largest absolute Gasteiger partial charge is 0.349 e. The number of hydrogen-bond acceptors (Lipinski definition) is 3. The van der Waals surface area contributed by atoms with Crippen LogP contribution in [-0.4, -0.2) is 27.4 Å². The number of hydrogen-bond donors (Lipinski definition) is 2. The Balaban J connectivity index is 2.04. The van der Waals surface area contributed by atoms with Gasteiger partial charge in [0.2, 0.25) is 10.0 Å². The van der Waals surface area contributed by atoms with E-state index in [1.165, 1.54) is 25.6 Å². The van der Waals surface area contributed by atoms with E-state index in [-0.39, 0.29) is 16.8 Å². The van der Waals surface area contributed by atoms with E-state index in [0.29, 0.717) is 5.56 Å². The first-order valence-corrected chi connectivity index (χ1v) is 8.36. The van der Waals surface area contributed by atoms with E-state index in [4.69, 9.17) is 0 Å². The molecular weight excluding hydrogens is 276 g/mol. The van der Waals surface area contributed by atoms with Crippen LogP contribution in [0.4, 0.5) is 0 Å². The Bertz CT molecular complexity index is 561. The summed E-state index contributed by atoms with van der Waals surface area (Å²) < 4.78 is 25.4. The summed E-state index contributed by atoms with van der Waals surface area (Å²) in [6, 6.07) is 6.23. The smallest absolute Gasteiger partial charge is 0.251 e. The van der Waals surface area contributed by atoms with E-state index < -0.39 is 10.0 Å². The summed E-state index contributed by atoms with van der Waals surface area (Å²) in [5.74, 6) is -0.134. The first-order valence-electron chi connectivity index (χ1n) is 6.87. The first-order chi connectivity index (χ1) is 9.53. The van der Waals surface area contributed by atoms with E-state index in [1.54, 1.807) is 12.1 Å². The Hall–Kier alpha value is -1.40.